The SMILES string of the molecule is CC(C)CCc1cc(Cl)cc(C[C@H](C(=O)O)[C@H]2CCNC2)c1. The number of nitrogens with one attached hydrogen (secondary N) is 1. The lowest BCUT2D eigenvalue weighted by Crippen LogP contribution is -2.27. The Morgan fingerprint density at radius 1 is 1.36 bits per heavy atom. The third-order valence-corrected chi connectivity index (χ3v) is 4.69. The van der Waals surface area contributed by atoms with Gasteiger partial charge in [-0.3, -0.25) is 4.79 Å². The summed E-state index contributed by atoms with van der Waals surface area (Å²) in [5, 5.41) is 13.5. The minimum Gasteiger partial charge on any atom is -0.481 e. The molecule has 0 aliphatic carbocycles. The van der Waals surface area contributed by atoms with Gasteiger partial charge in [-0.05, 0) is 73.9 Å². The largest absolute Gasteiger partial charge is 0.481 e. The first-order chi connectivity index (χ1) is 10.5. The molecule has 1 heterocycles. The van der Waals surface area contributed by atoms with E-state index in [9.17, 15) is 9.90 Å². The predicted molar refractivity (Wildman–Crippen MR) is 90.4 cm³/mol. The molecule has 1 aliphatic rings. The van der Waals surface area contributed by atoms with E-state index in [1.54, 1.807) is 0 Å². The van der Waals surface area contributed by atoms with Crippen molar-refractivity contribution in [3.05, 3.63) is 34.3 Å². The summed E-state index contributed by atoms with van der Waals surface area (Å²) in [6.07, 6.45) is 3.62. The highest BCUT2D eigenvalue weighted by Crippen LogP contribution is 2.26. The van der Waals surface area contributed by atoms with Crippen LogP contribution in [0.3, 0.4) is 0 Å². The maximum Gasteiger partial charge on any atom is 0.307 e. The number of carbonyl (C=O) groups is 1. The van der Waals surface area contributed by atoms with E-state index >= 15 is 0 Å². The van der Waals surface area contributed by atoms with Crippen LogP contribution in [0.25, 0.3) is 0 Å². The lowest BCUT2D eigenvalue weighted by atomic mass is 9.85. The molecule has 2 N–H and O–H groups in total. The summed E-state index contributed by atoms with van der Waals surface area (Å²) < 4.78 is 0. The number of aliphatic carboxylic acids is 1. The summed E-state index contributed by atoms with van der Waals surface area (Å²) in [5.74, 6) is -0.154. The Bertz CT molecular complexity index is 510. The van der Waals surface area contributed by atoms with E-state index in [1.165, 1.54) is 5.56 Å². The fraction of sp³-hybridized carbons (Fsp3) is 0.611. The van der Waals surface area contributed by atoms with Crippen LogP contribution in [0.15, 0.2) is 18.2 Å². The molecule has 22 heavy (non-hydrogen) atoms. The average molecular weight is 324 g/mol. The van der Waals surface area contributed by atoms with Gasteiger partial charge >= 0.3 is 5.97 Å². The van der Waals surface area contributed by atoms with Gasteiger partial charge in [0.2, 0.25) is 0 Å². The van der Waals surface area contributed by atoms with Crippen molar-refractivity contribution in [2.24, 2.45) is 17.8 Å². The minimum absolute atomic E-state index is 0.218. The van der Waals surface area contributed by atoms with E-state index in [-0.39, 0.29) is 11.8 Å². The maximum absolute atomic E-state index is 11.6. The Morgan fingerprint density at radius 3 is 2.68 bits per heavy atom. The highest BCUT2D eigenvalue weighted by Gasteiger charge is 2.30. The van der Waals surface area contributed by atoms with Gasteiger partial charge in [0.15, 0.2) is 0 Å². The van der Waals surface area contributed by atoms with Gasteiger partial charge in [0.1, 0.15) is 0 Å². The predicted octanol–water partition coefficient (Wildman–Crippen LogP) is 3.78. The second kappa shape index (κ2) is 7.98. The summed E-state index contributed by atoms with van der Waals surface area (Å²) in [7, 11) is 0. The van der Waals surface area contributed by atoms with Gasteiger partial charge in [-0.1, -0.05) is 31.5 Å². The number of benzene rings is 1. The minimum atomic E-state index is -0.697. The van der Waals surface area contributed by atoms with E-state index in [2.05, 4.69) is 25.2 Å². The average Bonchev–Trinajstić information content (AvgIpc) is 2.95. The van der Waals surface area contributed by atoms with Crippen molar-refractivity contribution in [2.75, 3.05) is 13.1 Å². The van der Waals surface area contributed by atoms with E-state index in [0.29, 0.717) is 17.4 Å². The topological polar surface area (TPSA) is 49.3 Å². The summed E-state index contributed by atoms with van der Waals surface area (Å²) in [6, 6.07) is 6.05. The van der Waals surface area contributed by atoms with Gasteiger partial charge in [0.05, 0.1) is 5.92 Å². The van der Waals surface area contributed by atoms with E-state index in [0.717, 1.165) is 37.9 Å². The number of halogens is 1. The van der Waals surface area contributed by atoms with Crippen LogP contribution in [0.4, 0.5) is 0 Å². The first-order valence-electron chi connectivity index (χ1n) is 8.17. The monoisotopic (exact) mass is 323 g/mol. The van der Waals surface area contributed by atoms with Crippen LogP contribution >= 0.6 is 11.6 Å². The molecule has 2 atom stereocenters. The lowest BCUT2D eigenvalue weighted by molar-refractivity contribution is -0.143. The second-order valence-corrected chi connectivity index (χ2v) is 7.24. The molecular weight excluding hydrogens is 298 g/mol. The molecule has 3 nitrogen and oxygen atoms in total. The van der Waals surface area contributed by atoms with Gasteiger partial charge in [0, 0.05) is 5.02 Å². The van der Waals surface area contributed by atoms with Crippen LogP contribution in [0.2, 0.25) is 5.02 Å². The Balaban J connectivity index is 2.10. The van der Waals surface area contributed by atoms with Crippen LogP contribution in [0.1, 0.15) is 37.8 Å². The molecule has 0 saturated carbocycles. The summed E-state index contributed by atoms with van der Waals surface area (Å²) >= 11 is 6.23. The third kappa shape index (κ3) is 4.99. The fourth-order valence-corrected chi connectivity index (χ4v) is 3.45. The molecule has 0 radical (unpaired) electrons. The number of hydrogen-bond acceptors (Lipinski definition) is 2. The van der Waals surface area contributed by atoms with Crippen LogP contribution in [0, 0.1) is 17.8 Å². The molecule has 1 saturated heterocycles. The van der Waals surface area contributed by atoms with Crippen LogP contribution in [-0.2, 0) is 17.6 Å². The molecule has 0 spiro atoms. The Labute approximate surface area is 138 Å². The van der Waals surface area contributed by atoms with Gasteiger partial charge in [-0.15, -0.1) is 0 Å². The summed E-state index contributed by atoms with van der Waals surface area (Å²) in [6.45, 7) is 6.14. The van der Waals surface area contributed by atoms with Crippen molar-refractivity contribution < 1.29 is 9.90 Å². The molecule has 0 aromatic heterocycles. The summed E-state index contributed by atoms with van der Waals surface area (Å²) in [4.78, 5) is 11.6. The second-order valence-electron chi connectivity index (χ2n) is 6.80. The number of aryl methyl sites for hydroxylation is 1. The number of hydrogen-bond donors (Lipinski definition) is 2. The molecule has 1 aromatic carbocycles. The van der Waals surface area contributed by atoms with Crippen LogP contribution < -0.4 is 5.32 Å². The zero-order valence-corrected chi connectivity index (χ0v) is 14.2. The zero-order chi connectivity index (χ0) is 16.1. The normalized spacial score (nSPS) is 19.5. The Kier molecular flexibility index (Phi) is 6.27. The molecule has 0 amide bonds. The van der Waals surface area contributed by atoms with Crippen molar-refractivity contribution in [3.8, 4) is 0 Å². The van der Waals surface area contributed by atoms with E-state index < -0.39 is 5.97 Å². The zero-order valence-electron chi connectivity index (χ0n) is 13.4. The lowest BCUT2D eigenvalue weighted by Gasteiger charge is -2.19. The Hall–Kier alpha value is -1.06. The molecule has 2 rings (SSSR count). The molecule has 4 heteroatoms. The highest BCUT2D eigenvalue weighted by molar-refractivity contribution is 6.30. The third-order valence-electron chi connectivity index (χ3n) is 4.47. The number of rotatable bonds is 7. The van der Waals surface area contributed by atoms with Crippen molar-refractivity contribution in [1.29, 1.82) is 0 Å². The molecule has 1 fully saturated rings. The standard InChI is InChI=1S/C18H26ClNO2/c1-12(2)3-4-13-7-14(9-16(19)8-13)10-17(18(21)22)15-5-6-20-11-15/h7-9,12,15,17,20H,3-6,10-11H2,1-2H3,(H,21,22)/t15-,17-/m0/s1. The summed E-state index contributed by atoms with van der Waals surface area (Å²) in [5.41, 5.74) is 2.26. The van der Waals surface area contributed by atoms with Crippen LogP contribution in [-0.4, -0.2) is 24.2 Å². The van der Waals surface area contributed by atoms with Gasteiger partial charge < -0.3 is 10.4 Å². The van der Waals surface area contributed by atoms with Crippen molar-refractivity contribution >= 4 is 17.6 Å². The van der Waals surface area contributed by atoms with Gasteiger partial charge in [0.25, 0.3) is 0 Å². The number of carboxylic acids is 1. The quantitative estimate of drug-likeness (QED) is 0.802. The van der Waals surface area contributed by atoms with Crippen molar-refractivity contribution in [1.82, 2.24) is 5.32 Å². The molecule has 0 unspecified atom stereocenters. The van der Waals surface area contributed by atoms with Gasteiger partial charge in [-0.2, -0.15) is 0 Å². The van der Waals surface area contributed by atoms with Crippen molar-refractivity contribution in [3.63, 3.8) is 0 Å². The first kappa shape index (κ1) is 17.3. The molecule has 1 aliphatic heterocycles. The highest BCUT2D eigenvalue weighted by atomic mass is 35.5. The van der Waals surface area contributed by atoms with Gasteiger partial charge in [-0.25, -0.2) is 0 Å². The Morgan fingerprint density at radius 2 is 2.09 bits per heavy atom. The molecule has 0 bridgehead atoms. The molecule has 122 valence electrons. The molecule has 1 aromatic rings. The van der Waals surface area contributed by atoms with Crippen LogP contribution in [0.5, 0.6) is 0 Å². The number of carboxylic acid groups (broad SMARTS) is 1. The van der Waals surface area contributed by atoms with E-state index in [4.69, 9.17) is 11.6 Å². The molecular formula is C18H26ClNO2. The van der Waals surface area contributed by atoms with Crippen molar-refractivity contribution in [2.45, 2.75) is 39.5 Å². The smallest absolute Gasteiger partial charge is 0.307 e. The van der Waals surface area contributed by atoms with E-state index in [1.807, 2.05) is 12.1 Å². The fourth-order valence-electron chi connectivity index (χ4n) is 3.16. The first-order valence-corrected chi connectivity index (χ1v) is 8.55. The maximum atomic E-state index is 11.6.